The van der Waals surface area contributed by atoms with Gasteiger partial charge in [0, 0.05) is 41.5 Å². The number of alkyl halides is 3. The van der Waals surface area contributed by atoms with Crippen LogP contribution in [0.1, 0.15) is 94.7 Å². The number of aryl methyl sites for hydroxylation is 1. The summed E-state index contributed by atoms with van der Waals surface area (Å²) in [5, 5.41) is 21.2. The van der Waals surface area contributed by atoms with E-state index in [2.05, 4.69) is 30.1 Å². The van der Waals surface area contributed by atoms with Crippen molar-refractivity contribution in [2.75, 3.05) is 39.5 Å². The van der Waals surface area contributed by atoms with Crippen molar-refractivity contribution >= 4 is 21.9 Å². The van der Waals surface area contributed by atoms with Gasteiger partial charge in [-0.25, -0.2) is 13.2 Å². The van der Waals surface area contributed by atoms with E-state index in [0.717, 1.165) is 100 Å². The lowest BCUT2D eigenvalue weighted by Crippen LogP contribution is -2.39. The van der Waals surface area contributed by atoms with E-state index in [4.69, 9.17) is 0 Å². The van der Waals surface area contributed by atoms with Gasteiger partial charge in [0.2, 0.25) is 0 Å². The summed E-state index contributed by atoms with van der Waals surface area (Å²) in [6.45, 7) is 4.00. The summed E-state index contributed by atoms with van der Waals surface area (Å²) in [4.78, 5) is 3.06. The number of phenolic OH excluding ortho intramolecular Hbond substituents is 1. The standard InChI is InChI=1S/C35H51F3N2O3S/c1-34(2,36)35(37,38)20-11-23-40(42)24-12-22-39(3)21-8-6-5-7-16-33-31(28-13-9-15-30(26-28)44(4)43)17-10-14-27-25-29(41)18-19-32(27)33/h9,13,15,18-19,25-26,41-42H,5-8,10-12,14,16-17,20-24H2,1-4H3. The van der Waals surface area contributed by atoms with Gasteiger partial charge in [-0.3, -0.25) is 4.21 Å². The number of unbranched alkanes of at least 4 members (excludes halogenated alkanes) is 3. The number of phenols is 1. The molecule has 1 aliphatic rings. The van der Waals surface area contributed by atoms with Crippen LogP contribution in [0.15, 0.2) is 47.4 Å². The molecule has 1 unspecified atom stereocenters. The van der Waals surface area contributed by atoms with E-state index in [1.165, 1.54) is 22.3 Å². The molecule has 246 valence electrons. The summed E-state index contributed by atoms with van der Waals surface area (Å²) in [6, 6.07) is 13.8. The molecular formula is C35H51F3N2O3S. The van der Waals surface area contributed by atoms with E-state index < -0.39 is 28.8 Å². The predicted molar refractivity (Wildman–Crippen MR) is 175 cm³/mol. The molecule has 2 aromatic carbocycles. The number of benzene rings is 2. The minimum atomic E-state index is -3.40. The summed E-state index contributed by atoms with van der Waals surface area (Å²) in [6.07, 6.45) is 10.0. The van der Waals surface area contributed by atoms with Crippen LogP contribution in [0.5, 0.6) is 5.75 Å². The lowest BCUT2D eigenvalue weighted by molar-refractivity contribution is -0.135. The second-order valence-electron chi connectivity index (χ2n) is 12.7. The zero-order valence-corrected chi connectivity index (χ0v) is 27.7. The molecule has 1 aliphatic carbocycles. The average Bonchev–Trinajstić information content (AvgIpc) is 3.13. The molecule has 0 aromatic heterocycles. The maximum Gasteiger partial charge on any atom is 0.280 e. The Morgan fingerprint density at radius 1 is 0.886 bits per heavy atom. The zero-order valence-electron chi connectivity index (χ0n) is 26.9. The number of hydrogen-bond donors (Lipinski definition) is 2. The van der Waals surface area contributed by atoms with Crippen LogP contribution >= 0.6 is 0 Å². The largest absolute Gasteiger partial charge is 0.508 e. The van der Waals surface area contributed by atoms with Crippen LogP contribution < -0.4 is 0 Å². The van der Waals surface area contributed by atoms with Crippen LogP contribution in [0.2, 0.25) is 0 Å². The van der Waals surface area contributed by atoms with Crippen LogP contribution in [0.3, 0.4) is 0 Å². The molecule has 1 atom stereocenters. The fraction of sp³-hybridized carbons (Fsp3) is 0.600. The summed E-state index contributed by atoms with van der Waals surface area (Å²) in [5.41, 5.74) is 3.63. The number of fused-ring (bicyclic) bond motifs is 1. The molecule has 0 radical (unpaired) electrons. The lowest BCUT2D eigenvalue weighted by Gasteiger charge is -2.27. The SMILES string of the molecule is CN(CCCCCCC1=C(c2cccc(S(C)=O)c2)CCCc2cc(O)ccc21)CCCN(O)CCCC(F)(F)C(C)(C)F. The average molecular weight is 637 g/mol. The number of hydrogen-bond acceptors (Lipinski definition) is 5. The molecule has 5 nitrogen and oxygen atoms in total. The first-order valence-corrected chi connectivity index (χ1v) is 17.5. The van der Waals surface area contributed by atoms with Gasteiger partial charge < -0.3 is 15.2 Å². The molecular weight excluding hydrogens is 585 g/mol. The number of nitrogens with zero attached hydrogens (tertiary/aromatic N) is 2. The highest BCUT2D eigenvalue weighted by atomic mass is 32.2. The maximum atomic E-state index is 13.7. The van der Waals surface area contributed by atoms with E-state index >= 15 is 0 Å². The number of aromatic hydroxyl groups is 1. The fourth-order valence-electron chi connectivity index (χ4n) is 5.88. The summed E-state index contributed by atoms with van der Waals surface area (Å²) >= 11 is 0. The van der Waals surface area contributed by atoms with E-state index in [0.29, 0.717) is 12.3 Å². The molecule has 0 spiro atoms. The quantitative estimate of drug-likeness (QED) is 0.127. The minimum absolute atomic E-state index is 0.0329. The first-order chi connectivity index (χ1) is 20.8. The Labute approximate surface area is 264 Å². The second-order valence-corrected chi connectivity index (χ2v) is 14.1. The normalized spacial score (nSPS) is 15.1. The highest BCUT2D eigenvalue weighted by Crippen LogP contribution is 2.40. The highest BCUT2D eigenvalue weighted by molar-refractivity contribution is 7.84. The Bertz CT molecular complexity index is 1260. The van der Waals surface area contributed by atoms with Gasteiger partial charge in [-0.2, -0.15) is 5.06 Å². The lowest BCUT2D eigenvalue weighted by atomic mass is 9.89. The Kier molecular flexibility index (Phi) is 13.9. The Morgan fingerprint density at radius 3 is 2.32 bits per heavy atom. The van der Waals surface area contributed by atoms with Gasteiger partial charge in [-0.1, -0.05) is 31.0 Å². The zero-order chi connectivity index (χ0) is 32.3. The van der Waals surface area contributed by atoms with Gasteiger partial charge in [0.25, 0.3) is 5.92 Å². The molecule has 0 aliphatic heterocycles. The van der Waals surface area contributed by atoms with Gasteiger partial charge in [0.15, 0.2) is 5.67 Å². The summed E-state index contributed by atoms with van der Waals surface area (Å²) in [5.74, 6) is -3.10. The summed E-state index contributed by atoms with van der Waals surface area (Å²) < 4.78 is 53.3. The molecule has 3 rings (SSSR count). The second kappa shape index (κ2) is 16.9. The van der Waals surface area contributed by atoms with Crippen LogP contribution in [-0.2, 0) is 17.2 Å². The van der Waals surface area contributed by atoms with Crippen LogP contribution in [0.4, 0.5) is 13.2 Å². The highest BCUT2D eigenvalue weighted by Gasteiger charge is 2.46. The molecule has 44 heavy (non-hydrogen) atoms. The molecule has 0 saturated heterocycles. The smallest absolute Gasteiger partial charge is 0.280 e. The van der Waals surface area contributed by atoms with Crippen molar-refractivity contribution < 1.29 is 27.7 Å². The van der Waals surface area contributed by atoms with Gasteiger partial charge >= 0.3 is 0 Å². The number of rotatable bonds is 18. The van der Waals surface area contributed by atoms with Crippen molar-refractivity contribution in [1.82, 2.24) is 9.96 Å². The maximum absolute atomic E-state index is 13.7. The monoisotopic (exact) mass is 636 g/mol. The first kappa shape index (κ1) is 36.3. The Hall–Kier alpha value is -2.20. The molecule has 2 aromatic rings. The molecule has 0 bridgehead atoms. The number of hydroxylamine groups is 2. The third-order valence-electron chi connectivity index (χ3n) is 8.61. The number of halogens is 3. The Balaban J connectivity index is 1.45. The van der Waals surface area contributed by atoms with Crippen molar-refractivity contribution in [2.45, 2.75) is 101 Å². The molecule has 9 heteroatoms. The predicted octanol–water partition coefficient (Wildman–Crippen LogP) is 8.50. The van der Waals surface area contributed by atoms with Crippen LogP contribution in [-0.4, -0.2) is 75.6 Å². The van der Waals surface area contributed by atoms with Crippen molar-refractivity contribution in [3.8, 4) is 5.75 Å². The molecule has 0 heterocycles. The third-order valence-corrected chi connectivity index (χ3v) is 9.53. The topological polar surface area (TPSA) is 64.0 Å². The van der Waals surface area contributed by atoms with E-state index in [-0.39, 0.29) is 13.0 Å². The van der Waals surface area contributed by atoms with E-state index in [1.807, 2.05) is 18.2 Å². The molecule has 0 saturated carbocycles. The van der Waals surface area contributed by atoms with Gasteiger partial charge in [-0.05, 0) is 137 Å². The van der Waals surface area contributed by atoms with Crippen molar-refractivity contribution in [2.24, 2.45) is 0 Å². The van der Waals surface area contributed by atoms with Crippen molar-refractivity contribution in [3.63, 3.8) is 0 Å². The van der Waals surface area contributed by atoms with E-state index in [1.54, 1.807) is 12.3 Å². The minimum Gasteiger partial charge on any atom is -0.508 e. The van der Waals surface area contributed by atoms with Gasteiger partial charge in [0.05, 0.1) is 0 Å². The van der Waals surface area contributed by atoms with Crippen molar-refractivity contribution in [1.29, 1.82) is 0 Å². The van der Waals surface area contributed by atoms with Gasteiger partial charge in [0.1, 0.15) is 5.75 Å². The third kappa shape index (κ3) is 11.0. The molecule has 2 N–H and O–H groups in total. The molecule has 0 fully saturated rings. The molecule has 0 amide bonds. The first-order valence-electron chi connectivity index (χ1n) is 16.0. The van der Waals surface area contributed by atoms with Gasteiger partial charge in [-0.15, -0.1) is 0 Å². The Morgan fingerprint density at radius 2 is 1.59 bits per heavy atom. The van der Waals surface area contributed by atoms with Crippen LogP contribution in [0.25, 0.3) is 11.1 Å². The van der Waals surface area contributed by atoms with E-state index in [9.17, 15) is 27.7 Å². The van der Waals surface area contributed by atoms with Crippen molar-refractivity contribution in [3.05, 3.63) is 59.2 Å². The number of allylic oxidation sites excluding steroid dienone is 2. The fourth-order valence-corrected chi connectivity index (χ4v) is 6.44. The van der Waals surface area contributed by atoms with Crippen LogP contribution in [0, 0.1) is 0 Å². The summed E-state index contributed by atoms with van der Waals surface area (Å²) in [7, 11) is 1.01.